The summed E-state index contributed by atoms with van der Waals surface area (Å²) in [5.74, 6) is -1.81. The number of aliphatic carboxylic acids is 1. The number of carboxylic acids is 1. The Morgan fingerprint density at radius 2 is 2.18 bits per heavy atom. The van der Waals surface area contributed by atoms with Crippen LogP contribution in [0.2, 0.25) is 0 Å². The zero-order valence-electron chi connectivity index (χ0n) is 9.03. The maximum Gasteiger partial charge on any atom is 0.411 e. The molecular formula is C9H13NO6S. The van der Waals surface area contributed by atoms with E-state index in [-0.39, 0.29) is 25.3 Å². The molecule has 1 aliphatic rings. The lowest BCUT2D eigenvalue weighted by molar-refractivity contribution is -0.139. The molecule has 1 amide bonds. The first-order valence-corrected chi connectivity index (χ1v) is 6.60. The summed E-state index contributed by atoms with van der Waals surface area (Å²) < 4.78 is 27.8. The smallest absolute Gasteiger partial charge is 0.411 e. The van der Waals surface area contributed by atoms with E-state index in [2.05, 4.69) is 11.3 Å². The molecule has 0 saturated carbocycles. The van der Waals surface area contributed by atoms with E-state index in [1.165, 1.54) is 6.08 Å². The van der Waals surface area contributed by atoms with E-state index in [1.807, 2.05) is 0 Å². The Bertz CT molecular complexity index is 429. The topological polar surface area (TPSA) is 101 Å². The first kappa shape index (κ1) is 13.5. The summed E-state index contributed by atoms with van der Waals surface area (Å²) in [5, 5.41) is 7.02. The van der Waals surface area contributed by atoms with E-state index >= 15 is 0 Å². The SMILES string of the molecule is C=CCOC(=O)N1CCCS(=O)(=O)C1C(=O)O. The van der Waals surface area contributed by atoms with Gasteiger partial charge in [-0.3, -0.25) is 4.90 Å². The van der Waals surface area contributed by atoms with Crippen molar-refractivity contribution in [1.82, 2.24) is 4.90 Å². The van der Waals surface area contributed by atoms with E-state index < -0.39 is 27.3 Å². The summed E-state index contributed by atoms with van der Waals surface area (Å²) in [6.45, 7) is 3.28. The van der Waals surface area contributed by atoms with Crippen LogP contribution in [-0.2, 0) is 19.4 Å². The number of carboxylic acid groups (broad SMARTS) is 1. The minimum Gasteiger partial charge on any atom is -0.479 e. The lowest BCUT2D eigenvalue weighted by atomic mass is 10.4. The number of rotatable bonds is 3. The van der Waals surface area contributed by atoms with E-state index in [4.69, 9.17) is 5.11 Å². The summed E-state index contributed by atoms with van der Waals surface area (Å²) in [4.78, 5) is 23.1. The number of carbonyl (C=O) groups excluding carboxylic acids is 1. The highest BCUT2D eigenvalue weighted by Gasteiger charge is 2.43. The number of hydrogen-bond donors (Lipinski definition) is 1. The minimum absolute atomic E-state index is 0.0478. The Kier molecular flexibility index (Phi) is 4.11. The second kappa shape index (κ2) is 5.17. The Balaban J connectivity index is 2.92. The van der Waals surface area contributed by atoms with Gasteiger partial charge in [0.15, 0.2) is 9.84 Å². The Morgan fingerprint density at radius 3 is 2.71 bits per heavy atom. The fourth-order valence-electron chi connectivity index (χ4n) is 1.55. The first-order chi connectivity index (χ1) is 7.90. The van der Waals surface area contributed by atoms with Gasteiger partial charge in [-0.15, -0.1) is 0 Å². The van der Waals surface area contributed by atoms with Gasteiger partial charge in [0, 0.05) is 6.54 Å². The molecular weight excluding hydrogens is 250 g/mol. The van der Waals surface area contributed by atoms with Crippen molar-refractivity contribution in [3.05, 3.63) is 12.7 Å². The average molecular weight is 263 g/mol. The lowest BCUT2D eigenvalue weighted by Gasteiger charge is -2.31. The van der Waals surface area contributed by atoms with Crippen molar-refractivity contribution in [3.8, 4) is 0 Å². The lowest BCUT2D eigenvalue weighted by Crippen LogP contribution is -2.54. The van der Waals surface area contributed by atoms with Crippen LogP contribution in [0.5, 0.6) is 0 Å². The van der Waals surface area contributed by atoms with Crippen molar-refractivity contribution in [2.24, 2.45) is 0 Å². The number of ether oxygens (including phenoxy) is 1. The molecule has 17 heavy (non-hydrogen) atoms. The van der Waals surface area contributed by atoms with Gasteiger partial charge in [-0.25, -0.2) is 18.0 Å². The second-order valence-corrected chi connectivity index (χ2v) is 5.65. The number of carbonyl (C=O) groups is 2. The van der Waals surface area contributed by atoms with Gasteiger partial charge in [0.2, 0.25) is 5.37 Å². The highest BCUT2D eigenvalue weighted by atomic mass is 32.2. The van der Waals surface area contributed by atoms with Gasteiger partial charge in [-0.1, -0.05) is 12.7 Å². The van der Waals surface area contributed by atoms with Crippen LogP contribution in [0.3, 0.4) is 0 Å². The van der Waals surface area contributed by atoms with Crippen molar-refractivity contribution in [1.29, 1.82) is 0 Å². The third-order valence-electron chi connectivity index (χ3n) is 2.22. The molecule has 96 valence electrons. The minimum atomic E-state index is -3.84. The van der Waals surface area contributed by atoms with Crippen LogP contribution in [-0.4, -0.2) is 54.8 Å². The summed E-state index contributed by atoms with van der Waals surface area (Å²) in [7, 11) is -3.84. The van der Waals surface area contributed by atoms with E-state index in [0.717, 1.165) is 0 Å². The molecule has 1 N–H and O–H groups in total. The molecule has 7 nitrogen and oxygen atoms in total. The fourth-order valence-corrected chi connectivity index (χ4v) is 3.19. The van der Waals surface area contributed by atoms with E-state index in [9.17, 15) is 18.0 Å². The number of hydrogen-bond acceptors (Lipinski definition) is 5. The van der Waals surface area contributed by atoms with Crippen LogP contribution < -0.4 is 0 Å². The zero-order chi connectivity index (χ0) is 13.1. The molecule has 1 rings (SSSR count). The van der Waals surface area contributed by atoms with Crippen molar-refractivity contribution < 1.29 is 27.9 Å². The van der Waals surface area contributed by atoms with E-state index in [0.29, 0.717) is 4.90 Å². The van der Waals surface area contributed by atoms with Crippen LogP contribution in [0.4, 0.5) is 4.79 Å². The van der Waals surface area contributed by atoms with Crippen molar-refractivity contribution in [2.45, 2.75) is 11.8 Å². The molecule has 0 aliphatic carbocycles. The van der Waals surface area contributed by atoms with Crippen LogP contribution in [0.1, 0.15) is 6.42 Å². The Labute approximate surface area is 98.6 Å². The predicted octanol–water partition coefficient (Wildman–Crippen LogP) is -0.160. The van der Waals surface area contributed by atoms with Gasteiger partial charge in [0.05, 0.1) is 5.75 Å². The molecule has 0 radical (unpaired) electrons. The molecule has 1 saturated heterocycles. The summed E-state index contributed by atoms with van der Waals surface area (Å²) in [5.41, 5.74) is 0. The number of nitrogens with zero attached hydrogens (tertiary/aromatic N) is 1. The molecule has 0 aromatic rings. The molecule has 0 bridgehead atoms. The summed E-state index contributed by atoms with van der Waals surface area (Å²) in [6, 6.07) is 0. The predicted molar refractivity (Wildman–Crippen MR) is 58.1 cm³/mol. The third kappa shape index (κ3) is 2.96. The summed E-state index contributed by atoms with van der Waals surface area (Å²) in [6.07, 6.45) is 0.557. The number of amides is 1. The first-order valence-electron chi connectivity index (χ1n) is 4.89. The van der Waals surface area contributed by atoms with Crippen molar-refractivity contribution >= 4 is 21.9 Å². The molecule has 0 aromatic heterocycles. The Morgan fingerprint density at radius 1 is 1.53 bits per heavy atom. The molecule has 1 aliphatic heterocycles. The third-order valence-corrected chi connectivity index (χ3v) is 4.22. The van der Waals surface area contributed by atoms with Gasteiger partial charge in [-0.05, 0) is 6.42 Å². The van der Waals surface area contributed by atoms with Crippen LogP contribution in [0, 0.1) is 0 Å². The standard InChI is InChI=1S/C9H13NO6S/c1-2-5-16-9(13)10-4-3-6-17(14,15)7(10)8(11)12/h2,7H,1,3-6H2,(H,11,12). The maximum atomic E-state index is 11.6. The second-order valence-electron chi connectivity index (χ2n) is 3.47. The number of sulfone groups is 1. The molecule has 1 heterocycles. The van der Waals surface area contributed by atoms with Gasteiger partial charge < -0.3 is 9.84 Å². The average Bonchev–Trinajstić information content (AvgIpc) is 2.23. The largest absolute Gasteiger partial charge is 0.479 e. The van der Waals surface area contributed by atoms with Crippen LogP contribution in [0.15, 0.2) is 12.7 Å². The van der Waals surface area contributed by atoms with Gasteiger partial charge >= 0.3 is 12.1 Å². The molecule has 1 fully saturated rings. The van der Waals surface area contributed by atoms with Gasteiger partial charge in [0.25, 0.3) is 0 Å². The fraction of sp³-hybridized carbons (Fsp3) is 0.556. The normalized spacial score (nSPS) is 22.8. The zero-order valence-corrected chi connectivity index (χ0v) is 9.85. The highest BCUT2D eigenvalue weighted by molar-refractivity contribution is 7.92. The quantitative estimate of drug-likeness (QED) is 0.710. The van der Waals surface area contributed by atoms with Crippen molar-refractivity contribution in [2.75, 3.05) is 18.9 Å². The molecule has 0 spiro atoms. The molecule has 1 atom stereocenters. The van der Waals surface area contributed by atoms with Crippen LogP contribution >= 0.6 is 0 Å². The monoisotopic (exact) mass is 263 g/mol. The molecule has 8 heteroatoms. The Hall–Kier alpha value is -1.57. The van der Waals surface area contributed by atoms with E-state index in [1.54, 1.807) is 0 Å². The summed E-state index contributed by atoms with van der Waals surface area (Å²) >= 11 is 0. The van der Waals surface area contributed by atoms with Crippen LogP contribution in [0.25, 0.3) is 0 Å². The highest BCUT2D eigenvalue weighted by Crippen LogP contribution is 2.18. The molecule has 1 unspecified atom stereocenters. The van der Waals surface area contributed by atoms with Gasteiger partial charge in [0.1, 0.15) is 6.61 Å². The molecule has 0 aromatic carbocycles. The van der Waals surface area contributed by atoms with Gasteiger partial charge in [-0.2, -0.15) is 0 Å². The maximum absolute atomic E-state index is 11.6. The van der Waals surface area contributed by atoms with Crippen molar-refractivity contribution in [3.63, 3.8) is 0 Å².